The molecule has 0 aromatic carbocycles. The lowest BCUT2D eigenvalue weighted by Crippen LogP contribution is -2.17. The van der Waals surface area contributed by atoms with Gasteiger partial charge in [-0.25, -0.2) is 4.57 Å². The molecule has 0 N–H and O–H groups in total. The van der Waals surface area contributed by atoms with Crippen LogP contribution in [0.4, 0.5) is 0 Å². The lowest BCUT2D eigenvalue weighted by molar-refractivity contribution is 0.0600. The summed E-state index contributed by atoms with van der Waals surface area (Å²) >= 11 is 0. The highest BCUT2D eigenvalue weighted by Crippen LogP contribution is 2.52. The standard InChI is InChI=1S/C20H41O4P/c1-3-5-7-9-14-18-22-25(21,23-19-15-10-8-6-4-2)24-20-16-12-11-13-17-20/h20H,3-19H2,1-2H3. The predicted octanol–water partition coefficient (Wildman–Crippen LogP) is 7.42. The van der Waals surface area contributed by atoms with Crippen molar-refractivity contribution >= 4 is 7.82 Å². The zero-order chi connectivity index (χ0) is 18.2. The average molecular weight is 377 g/mol. The van der Waals surface area contributed by atoms with Gasteiger partial charge in [0.25, 0.3) is 0 Å². The molecule has 0 unspecified atom stereocenters. The first-order valence-corrected chi connectivity index (χ1v) is 12.2. The van der Waals surface area contributed by atoms with Crippen LogP contribution in [0.15, 0.2) is 0 Å². The second kappa shape index (κ2) is 15.2. The van der Waals surface area contributed by atoms with Crippen molar-refractivity contribution in [2.45, 2.75) is 116 Å². The number of hydrogen-bond acceptors (Lipinski definition) is 4. The van der Waals surface area contributed by atoms with Crippen molar-refractivity contribution in [1.29, 1.82) is 0 Å². The lowest BCUT2D eigenvalue weighted by Gasteiger charge is -2.26. The molecule has 0 heterocycles. The van der Waals surface area contributed by atoms with Gasteiger partial charge in [-0.1, -0.05) is 84.5 Å². The van der Waals surface area contributed by atoms with Crippen LogP contribution in [0.3, 0.4) is 0 Å². The topological polar surface area (TPSA) is 44.8 Å². The van der Waals surface area contributed by atoms with Crippen LogP contribution in [0.2, 0.25) is 0 Å². The minimum atomic E-state index is -3.40. The van der Waals surface area contributed by atoms with Gasteiger partial charge >= 0.3 is 7.82 Å². The summed E-state index contributed by atoms with van der Waals surface area (Å²) in [6.45, 7) is 5.36. The molecule has 1 saturated carbocycles. The molecule has 5 heteroatoms. The molecule has 0 aromatic rings. The number of unbranched alkanes of at least 4 members (excludes halogenated alkanes) is 8. The summed E-state index contributed by atoms with van der Waals surface area (Å²) in [4.78, 5) is 0. The normalized spacial score (nSPS) is 16.4. The molecule has 0 bridgehead atoms. The first-order chi connectivity index (χ1) is 12.2. The van der Waals surface area contributed by atoms with Crippen molar-refractivity contribution in [3.8, 4) is 0 Å². The van der Waals surface area contributed by atoms with Gasteiger partial charge in [0.2, 0.25) is 0 Å². The maximum absolute atomic E-state index is 13.0. The van der Waals surface area contributed by atoms with Crippen molar-refractivity contribution in [2.24, 2.45) is 0 Å². The van der Waals surface area contributed by atoms with Crippen LogP contribution in [-0.2, 0) is 18.1 Å². The van der Waals surface area contributed by atoms with Crippen molar-refractivity contribution in [3.63, 3.8) is 0 Å². The van der Waals surface area contributed by atoms with E-state index in [-0.39, 0.29) is 6.10 Å². The van der Waals surface area contributed by atoms with E-state index in [2.05, 4.69) is 13.8 Å². The first-order valence-electron chi connectivity index (χ1n) is 10.8. The third kappa shape index (κ3) is 12.2. The van der Waals surface area contributed by atoms with E-state index in [1.165, 1.54) is 44.9 Å². The van der Waals surface area contributed by atoms with Gasteiger partial charge in [0, 0.05) is 0 Å². The van der Waals surface area contributed by atoms with E-state index in [0.29, 0.717) is 13.2 Å². The fraction of sp³-hybridized carbons (Fsp3) is 1.00. The Labute approximate surface area is 156 Å². The Balaban J connectivity index is 2.32. The van der Waals surface area contributed by atoms with Gasteiger partial charge in [0.15, 0.2) is 0 Å². The smallest absolute Gasteiger partial charge is 0.287 e. The molecule has 0 saturated heterocycles. The van der Waals surface area contributed by atoms with E-state index in [1.807, 2.05) is 0 Å². The molecule has 0 atom stereocenters. The highest BCUT2D eigenvalue weighted by molar-refractivity contribution is 7.48. The van der Waals surface area contributed by atoms with E-state index < -0.39 is 7.82 Å². The molecule has 0 amide bonds. The molecule has 1 aliphatic carbocycles. The predicted molar refractivity (Wildman–Crippen MR) is 105 cm³/mol. The third-order valence-corrected chi connectivity index (χ3v) is 6.38. The number of rotatable bonds is 16. The van der Waals surface area contributed by atoms with Gasteiger partial charge in [0.05, 0.1) is 19.3 Å². The van der Waals surface area contributed by atoms with Gasteiger partial charge in [0.1, 0.15) is 0 Å². The summed E-state index contributed by atoms with van der Waals surface area (Å²) in [5, 5.41) is 0. The van der Waals surface area contributed by atoms with Crippen LogP contribution < -0.4 is 0 Å². The lowest BCUT2D eigenvalue weighted by atomic mass is 9.98. The highest BCUT2D eigenvalue weighted by Gasteiger charge is 2.31. The number of phosphoric acid groups is 1. The maximum Gasteiger partial charge on any atom is 0.475 e. The minimum absolute atomic E-state index is 0.0415. The second-order valence-electron chi connectivity index (χ2n) is 7.31. The summed E-state index contributed by atoms with van der Waals surface area (Å²) in [5.41, 5.74) is 0. The Bertz CT molecular complexity index is 323. The molecule has 4 nitrogen and oxygen atoms in total. The molecule has 1 rings (SSSR count). The minimum Gasteiger partial charge on any atom is -0.287 e. The Morgan fingerprint density at radius 1 is 0.720 bits per heavy atom. The molecule has 0 aromatic heterocycles. The molecule has 0 aliphatic heterocycles. The van der Waals surface area contributed by atoms with Gasteiger partial charge in [-0.05, 0) is 25.7 Å². The van der Waals surface area contributed by atoms with Gasteiger partial charge < -0.3 is 0 Å². The van der Waals surface area contributed by atoms with E-state index in [0.717, 1.165) is 51.4 Å². The Morgan fingerprint density at radius 2 is 1.20 bits per heavy atom. The quantitative estimate of drug-likeness (QED) is 0.208. The molecular formula is C20H41O4P. The molecule has 1 fully saturated rings. The Morgan fingerprint density at radius 3 is 1.68 bits per heavy atom. The Kier molecular flexibility index (Phi) is 14.1. The monoisotopic (exact) mass is 376 g/mol. The van der Waals surface area contributed by atoms with Crippen LogP contribution in [0.25, 0.3) is 0 Å². The van der Waals surface area contributed by atoms with Crippen LogP contribution in [0, 0.1) is 0 Å². The van der Waals surface area contributed by atoms with Crippen molar-refractivity contribution in [3.05, 3.63) is 0 Å². The van der Waals surface area contributed by atoms with Crippen LogP contribution in [-0.4, -0.2) is 19.3 Å². The molecule has 150 valence electrons. The Hall–Kier alpha value is 0.110. The van der Waals surface area contributed by atoms with Crippen LogP contribution in [0.5, 0.6) is 0 Å². The third-order valence-electron chi connectivity index (χ3n) is 4.82. The maximum atomic E-state index is 13.0. The van der Waals surface area contributed by atoms with Gasteiger partial charge in [-0.15, -0.1) is 0 Å². The van der Waals surface area contributed by atoms with E-state index in [4.69, 9.17) is 13.6 Å². The summed E-state index contributed by atoms with van der Waals surface area (Å²) in [6.07, 6.45) is 17.0. The van der Waals surface area contributed by atoms with Crippen LogP contribution in [0.1, 0.15) is 110 Å². The van der Waals surface area contributed by atoms with Crippen molar-refractivity contribution < 1.29 is 18.1 Å². The summed E-state index contributed by atoms with van der Waals surface area (Å²) in [7, 11) is -3.40. The van der Waals surface area contributed by atoms with Gasteiger partial charge in [-0.2, -0.15) is 0 Å². The zero-order valence-corrected chi connectivity index (χ0v) is 17.6. The molecule has 1 aliphatic rings. The fourth-order valence-electron chi connectivity index (χ4n) is 3.22. The second-order valence-corrected chi connectivity index (χ2v) is 8.93. The van der Waals surface area contributed by atoms with Crippen molar-refractivity contribution in [2.75, 3.05) is 13.2 Å². The molecule has 25 heavy (non-hydrogen) atoms. The number of hydrogen-bond donors (Lipinski definition) is 0. The SMILES string of the molecule is CCCCCCCOP(=O)(OCCCCCCC)OC1CCCCC1. The zero-order valence-electron chi connectivity index (χ0n) is 16.7. The van der Waals surface area contributed by atoms with E-state index >= 15 is 0 Å². The highest BCUT2D eigenvalue weighted by atomic mass is 31.2. The summed E-state index contributed by atoms with van der Waals surface area (Å²) in [5.74, 6) is 0. The summed E-state index contributed by atoms with van der Waals surface area (Å²) in [6, 6.07) is 0. The van der Waals surface area contributed by atoms with Gasteiger partial charge in [-0.3, -0.25) is 13.6 Å². The summed E-state index contributed by atoms with van der Waals surface area (Å²) < 4.78 is 30.1. The average Bonchev–Trinajstić information content (AvgIpc) is 2.62. The van der Waals surface area contributed by atoms with E-state index in [9.17, 15) is 4.57 Å². The first kappa shape index (κ1) is 23.1. The van der Waals surface area contributed by atoms with Crippen LogP contribution >= 0.6 is 7.82 Å². The molecule has 0 spiro atoms. The number of phosphoric ester groups is 1. The molecule has 0 radical (unpaired) electrons. The van der Waals surface area contributed by atoms with Crippen molar-refractivity contribution in [1.82, 2.24) is 0 Å². The van der Waals surface area contributed by atoms with E-state index in [1.54, 1.807) is 0 Å². The molecular weight excluding hydrogens is 335 g/mol. The fourth-order valence-corrected chi connectivity index (χ4v) is 4.69. The largest absolute Gasteiger partial charge is 0.475 e.